The van der Waals surface area contributed by atoms with Crippen LogP contribution in [-0.4, -0.2) is 6.61 Å². The van der Waals surface area contributed by atoms with Crippen molar-refractivity contribution in [2.24, 2.45) is 0 Å². The number of ether oxygens (including phenoxy) is 1. The van der Waals surface area contributed by atoms with Crippen molar-refractivity contribution < 1.29 is 9.30 Å². The standard InChI is InChI=1S/C16H28NO/c1-5-6-7-8-13-18-14-17-11-9-15(10-12-17)16(2,3)4/h9-12H,5-8,13-14H2,1-4H3/q+1. The van der Waals surface area contributed by atoms with E-state index >= 15 is 0 Å². The first kappa shape index (κ1) is 15.2. The molecule has 0 fully saturated rings. The third kappa shape index (κ3) is 5.63. The van der Waals surface area contributed by atoms with Gasteiger partial charge in [-0.05, 0) is 17.4 Å². The smallest absolute Gasteiger partial charge is 0.252 e. The van der Waals surface area contributed by atoms with Crippen molar-refractivity contribution in [3.8, 4) is 0 Å². The first-order valence-corrected chi connectivity index (χ1v) is 7.11. The molecule has 0 atom stereocenters. The molecule has 0 aliphatic rings. The third-order valence-electron chi connectivity index (χ3n) is 3.14. The van der Waals surface area contributed by atoms with Crippen LogP contribution in [0.2, 0.25) is 0 Å². The number of nitrogens with zero attached hydrogens (tertiary/aromatic N) is 1. The van der Waals surface area contributed by atoms with Crippen LogP contribution in [0.3, 0.4) is 0 Å². The van der Waals surface area contributed by atoms with Gasteiger partial charge < -0.3 is 4.74 Å². The van der Waals surface area contributed by atoms with Crippen LogP contribution < -0.4 is 4.57 Å². The maximum atomic E-state index is 5.65. The molecular formula is C16H28NO+. The molecular weight excluding hydrogens is 222 g/mol. The Kier molecular flexibility index (Phi) is 6.34. The minimum Gasteiger partial charge on any atom is -0.323 e. The summed E-state index contributed by atoms with van der Waals surface area (Å²) in [6, 6.07) is 4.36. The van der Waals surface area contributed by atoms with Gasteiger partial charge in [-0.3, -0.25) is 0 Å². The molecule has 0 radical (unpaired) electrons. The molecule has 0 unspecified atom stereocenters. The normalized spacial score (nSPS) is 11.8. The summed E-state index contributed by atoms with van der Waals surface area (Å²) in [5.41, 5.74) is 1.59. The van der Waals surface area contributed by atoms with Crippen LogP contribution >= 0.6 is 0 Å². The van der Waals surface area contributed by atoms with Gasteiger partial charge in [-0.15, -0.1) is 0 Å². The van der Waals surface area contributed by atoms with E-state index in [1.807, 2.05) is 0 Å². The lowest BCUT2D eigenvalue weighted by molar-refractivity contribution is -0.732. The first-order valence-electron chi connectivity index (χ1n) is 7.11. The lowest BCUT2D eigenvalue weighted by atomic mass is 9.88. The highest BCUT2D eigenvalue weighted by molar-refractivity contribution is 5.17. The van der Waals surface area contributed by atoms with Gasteiger partial charge in [-0.1, -0.05) is 47.0 Å². The Bertz CT molecular complexity index is 324. The number of pyridine rings is 1. The summed E-state index contributed by atoms with van der Waals surface area (Å²) >= 11 is 0. The summed E-state index contributed by atoms with van der Waals surface area (Å²) in [5, 5.41) is 0. The van der Waals surface area contributed by atoms with Gasteiger partial charge in [-0.2, -0.15) is 4.57 Å². The zero-order valence-corrected chi connectivity index (χ0v) is 12.4. The zero-order valence-electron chi connectivity index (χ0n) is 12.4. The predicted molar refractivity (Wildman–Crippen MR) is 75.4 cm³/mol. The fraction of sp³-hybridized carbons (Fsp3) is 0.688. The topological polar surface area (TPSA) is 13.1 Å². The van der Waals surface area contributed by atoms with Gasteiger partial charge in [0.05, 0.1) is 6.61 Å². The predicted octanol–water partition coefficient (Wildman–Crippen LogP) is 3.83. The molecule has 18 heavy (non-hydrogen) atoms. The minimum absolute atomic E-state index is 0.222. The molecule has 0 bridgehead atoms. The fourth-order valence-corrected chi connectivity index (χ4v) is 1.84. The molecule has 2 nitrogen and oxygen atoms in total. The van der Waals surface area contributed by atoms with E-state index in [4.69, 9.17) is 4.74 Å². The quantitative estimate of drug-likeness (QED) is 0.529. The van der Waals surface area contributed by atoms with Crippen molar-refractivity contribution in [2.45, 2.75) is 65.5 Å². The van der Waals surface area contributed by atoms with Crippen molar-refractivity contribution >= 4 is 0 Å². The Labute approximate surface area is 112 Å². The highest BCUT2D eigenvalue weighted by Crippen LogP contribution is 2.20. The second-order valence-electron chi connectivity index (χ2n) is 5.95. The van der Waals surface area contributed by atoms with Crippen molar-refractivity contribution in [3.05, 3.63) is 30.1 Å². The average molecular weight is 250 g/mol. The Morgan fingerprint density at radius 3 is 2.28 bits per heavy atom. The lowest BCUT2D eigenvalue weighted by Gasteiger charge is -2.17. The Morgan fingerprint density at radius 2 is 1.72 bits per heavy atom. The van der Waals surface area contributed by atoms with Crippen LogP contribution in [0.15, 0.2) is 24.5 Å². The Hall–Kier alpha value is -0.890. The minimum atomic E-state index is 0.222. The van der Waals surface area contributed by atoms with E-state index in [-0.39, 0.29) is 5.41 Å². The van der Waals surface area contributed by atoms with Crippen LogP contribution in [0.1, 0.15) is 58.9 Å². The molecule has 1 aromatic heterocycles. The zero-order chi connectivity index (χ0) is 13.4. The number of aromatic nitrogens is 1. The van der Waals surface area contributed by atoms with Gasteiger partial charge in [0.1, 0.15) is 0 Å². The van der Waals surface area contributed by atoms with Crippen LogP contribution in [-0.2, 0) is 16.9 Å². The Balaban J connectivity index is 2.27. The molecule has 0 spiro atoms. The van der Waals surface area contributed by atoms with Gasteiger partial charge in [0.2, 0.25) is 0 Å². The van der Waals surface area contributed by atoms with E-state index < -0.39 is 0 Å². The van der Waals surface area contributed by atoms with E-state index in [9.17, 15) is 0 Å². The van der Waals surface area contributed by atoms with Crippen molar-refractivity contribution in [2.75, 3.05) is 6.61 Å². The van der Waals surface area contributed by atoms with E-state index in [1.54, 1.807) is 0 Å². The molecule has 0 aliphatic carbocycles. The SMILES string of the molecule is CCCCCCOC[n+]1ccc(C(C)(C)C)cc1. The summed E-state index contributed by atoms with van der Waals surface area (Å²) in [4.78, 5) is 0. The van der Waals surface area contributed by atoms with Gasteiger partial charge in [-0.25, -0.2) is 0 Å². The summed E-state index contributed by atoms with van der Waals surface area (Å²) in [6.45, 7) is 10.5. The average Bonchev–Trinajstić information content (AvgIpc) is 2.33. The van der Waals surface area contributed by atoms with E-state index in [0.29, 0.717) is 6.73 Å². The molecule has 1 rings (SSSR count). The fourth-order valence-electron chi connectivity index (χ4n) is 1.84. The van der Waals surface area contributed by atoms with Crippen LogP contribution in [0.4, 0.5) is 0 Å². The lowest BCUT2D eigenvalue weighted by Crippen LogP contribution is -2.34. The molecule has 1 aromatic rings. The summed E-state index contributed by atoms with van der Waals surface area (Å²) in [7, 11) is 0. The number of rotatable bonds is 7. The highest BCUT2D eigenvalue weighted by atomic mass is 16.5. The molecule has 2 heteroatoms. The van der Waals surface area contributed by atoms with Crippen molar-refractivity contribution in [3.63, 3.8) is 0 Å². The second kappa shape index (κ2) is 7.52. The van der Waals surface area contributed by atoms with Crippen molar-refractivity contribution in [1.29, 1.82) is 0 Å². The van der Waals surface area contributed by atoms with Crippen LogP contribution in [0, 0.1) is 0 Å². The number of hydrogen-bond donors (Lipinski definition) is 0. The summed E-state index contributed by atoms with van der Waals surface area (Å²) in [5.74, 6) is 0. The van der Waals surface area contributed by atoms with Gasteiger partial charge in [0.25, 0.3) is 6.73 Å². The molecule has 0 saturated carbocycles. The summed E-state index contributed by atoms with van der Waals surface area (Å²) in [6.07, 6.45) is 9.26. The molecule has 102 valence electrons. The van der Waals surface area contributed by atoms with Crippen LogP contribution in [0.25, 0.3) is 0 Å². The largest absolute Gasteiger partial charge is 0.323 e. The third-order valence-corrected chi connectivity index (χ3v) is 3.14. The molecule has 0 aromatic carbocycles. The van der Waals surface area contributed by atoms with E-state index in [0.717, 1.165) is 6.61 Å². The highest BCUT2D eigenvalue weighted by Gasteiger charge is 2.14. The molecule has 0 amide bonds. The molecule has 0 aliphatic heterocycles. The Morgan fingerprint density at radius 1 is 1.06 bits per heavy atom. The first-order chi connectivity index (χ1) is 8.54. The molecule has 0 N–H and O–H groups in total. The second-order valence-corrected chi connectivity index (χ2v) is 5.95. The maximum Gasteiger partial charge on any atom is 0.252 e. The van der Waals surface area contributed by atoms with E-state index in [1.165, 1.54) is 31.2 Å². The van der Waals surface area contributed by atoms with E-state index in [2.05, 4.69) is 56.8 Å². The summed E-state index contributed by atoms with van der Waals surface area (Å²) < 4.78 is 7.75. The number of unbranched alkanes of at least 4 members (excludes halogenated alkanes) is 3. The maximum absolute atomic E-state index is 5.65. The van der Waals surface area contributed by atoms with Crippen LogP contribution in [0.5, 0.6) is 0 Å². The van der Waals surface area contributed by atoms with Gasteiger partial charge >= 0.3 is 0 Å². The van der Waals surface area contributed by atoms with Gasteiger partial charge in [0.15, 0.2) is 12.4 Å². The molecule has 0 saturated heterocycles. The number of hydrogen-bond acceptors (Lipinski definition) is 1. The van der Waals surface area contributed by atoms with Gasteiger partial charge in [0, 0.05) is 12.1 Å². The van der Waals surface area contributed by atoms with Crippen molar-refractivity contribution in [1.82, 2.24) is 0 Å². The monoisotopic (exact) mass is 250 g/mol. The molecule has 1 heterocycles.